The lowest BCUT2D eigenvalue weighted by Gasteiger charge is -2.34. The second-order valence-electron chi connectivity index (χ2n) is 6.76. The molecule has 19 heavy (non-hydrogen) atoms. The highest BCUT2D eigenvalue weighted by atomic mass is 32.1. The van der Waals surface area contributed by atoms with Crippen LogP contribution < -0.4 is 0 Å². The molecule has 0 saturated heterocycles. The SMILES string of the molecule is CC1(C)[C@@H]2CC[C@@]1(C)c1nc(-c3cccs3)ccc12. The van der Waals surface area contributed by atoms with Crippen LogP contribution in [0.25, 0.3) is 10.6 Å². The monoisotopic (exact) mass is 269 g/mol. The Hall–Kier alpha value is -1.15. The molecule has 2 aliphatic carbocycles. The van der Waals surface area contributed by atoms with E-state index in [1.54, 1.807) is 11.3 Å². The summed E-state index contributed by atoms with van der Waals surface area (Å²) in [5.41, 5.74) is 4.66. The van der Waals surface area contributed by atoms with Crippen LogP contribution in [-0.4, -0.2) is 4.98 Å². The van der Waals surface area contributed by atoms with Crippen molar-refractivity contribution in [2.45, 2.75) is 44.9 Å². The van der Waals surface area contributed by atoms with E-state index in [4.69, 9.17) is 4.98 Å². The molecule has 2 heteroatoms. The third kappa shape index (κ3) is 1.28. The van der Waals surface area contributed by atoms with Gasteiger partial charge in [0.15, 0.2) is 0 Å². The van der Waals surface area contributed by atoms with Gasteiger partial charge in [0.1, 0.15) is 0 Å². The molecule has 4 rings (SSSR count). The molecular formula is C17H19NS. The van der Waals surface area contributed by atoms with Gasteiger partial charge in [-0.05, 0) is 47.3 Å². The first-order valence-corrected chi connectivity index (χ1v) is 7.97. The van der Waals surface area contributed by atoms with Crippen LogP contribution in [0.4, 0.5) is 0 Å². The Labute approximate surface area is 118 Å². The zero-order chi connectivity index (χ0) is 13.3. The van der Waals surface area contributed by atoms with Gasteiger partial charge >= 0.3 is 0 Å². The van der Waals surface area contributed by atoms with Gasteiger partial charge in [-0.15, -0.1) is 11.3 Å². The van der Waals surface area contributed by atoms with Crippen LogP contribution in [0.2, 0.25) is 0 Å². The molecule has 98 valence electrons. The summed E-state index contributed by atoms with van der Waals surface area (Å²) >= 11 is 1.78. The van der Waals surface area contributed by atoms with E-state index >= 15 is 0 Å². The molecule has 0 aromatic carbocycles. The third-order valence-electron chi connectivity index (χ3n) is 5.82. The zero-order valence-electron chi connectivity index (χ0n) is 11.7. The molecule has 1 nitrogen and oxygen atoms in total. The van der Waals surface area contributed by atoms with E-state index < -0.39 is 0 Å². The van der Waals surface area contributed by atoms with E-state index in [1.807, 2.05) is 0 Å². The van der Waals surface area contributed by atoms with E-state index in [9.17, 15) is 0 Å². The van der Waals surface area contributed by atoms with Crippen molar-refractivity contribution in [2.24, 2.45) is 5.41 Å². The zero-order valence-corrected chi connectivity index (χ0v) is 12.6. The molecule has 2 heterocycles. The van der Waals surface area contributed by atoms with Gasteiger partial charge in [0.05, 0.1) is 16.3 Å². The van der Waals surface area contributed by atoms with Crippen LogP contribution in [0.5, 0.6) is 0 Å². The van der Waals surface area contributed by atoms with Crippen molar-refractivity contribution >= 4 is 11.3 Å². The van der Waals surface area contributed by atoms with Crippen molar-refractivity contribution in [3.05, 3.63) is 40.9 Å². The predicted octanol–water partition coefficient (Wildman–Crippen LogP) is 4.99. The number of nitrogens with zero attached hydrogens (tertiary/aromatic N) is 1. The third-order valence-corrected chi connectivity index (χ3v) is 6.72. The molecule has 0 unspecified atom stereocenters. The molecule has 0 aliphatic heterocycles. The number of pyridine rings is 1. The predicted molar refractivity (Wildman–Crippen MR) is 80.7 cm³/mol. The summed E-state index contributed by atoms with van der Waals surface area (Å²) in [7, 11) is 0. The largest absolute Gasteiger partial charge is 0.251 e. The van der Waals surface area contributed by atoms with Gasteiger partial charge in [-0.3, -0.25) is 4.98 Å². The Kier molecular flexibility index (Phi) is 2.14. The Morgan fingerprint density at radius 1 is 1.21 bits per heavy atom. The van der Waals surface area contributed by atoms with Gasteiger partial charge in [0, 0.05) is 5.41 Å². The Bertz CT molecular complexity index is 641. The topological polar surface area (TPSA) is 12.9 Å². The van der Waals surface area contributed by atoms with Crippen LogP contribution in [-0.2, 0) is 5.41 Å². The number of fused-ring (bicyclic) bond motifs is 5. The van der Waals surface area contributed by atoms with Crippen molar-refractivity contribution < 1.29 is 0 Å². The quantitative estimate of drug-likeness (QED) is 0.711. The molecular weight excluding hydrogens is 250 g/mol. The summed E-state index contributed by atoms with van der Waals surface area (Å²) in [5, 5.41) is 2.13. The lowest BCUT2D eigenvalue weighted by atomic mass is 9.70. The highest BCUT2D eigenvalue weighted by molar-refractivity contribution is 7.13. The van der Waals surface area contributed by atoms with Crippen molar-refractivity contribution in [1.29, 1.82) is 0 Å². The molecule has 2 aliphatic rings. The fraction of sp³-hybridized carbons (Fsp3) is 0.471. The second kappa shape index (κ2) is 3.49. The van der Waals surface area contributed by atoms with Gasteiger partial charge in [-0.1, -0.05) is 32.9 Å². The van der Waals surface area contributed by atoms with Gasteiger partial charge in [-0.2, -0.15) is 0 Å². The maximum absolute atomic E-state index is 5.06. The fourth-order valence-corrected chi connectivity index (χ4v) is 4.92. The fourth-order valence-electron chi connectivity index (χ4n) is 4.22. The molecule has 0 radical (unpaired) electrons. The molecule has 0 amide bonds. The van der Waals surface area contributed by atoms with Gasteiger partial charge in [-0.25, -0.2) is 0 Å². The molecule has 2 bridgehead atoms. The van der Waals surface area contributed by atoms with Gasteiger partial charge < -0.3 is 0 Å². The highest BCUT2D eigenvalue weighted by Crippen LogP contribution is 2.67. The summed E-state index contributed by atoms with van der Waals surface area (Å²) in [6.07, 6.45) is 2.62. The molecule has 2 aromatic heterocycles. The van der Waals surface area contributed by atoms with Crippen LogP contribution in [0.15, 0.2) is 29.6 Å². The van der Waals surface area contributed by atoms with E-state index in [2.05, 4.69) is 50.4 Å². The molecule has 0 spiro atoms. The lowest BCUT2D eigenvalue weighted by molar-refractivity contribution is 0.227. The summed E-state index contributed by atoms with van der Waals surface area (Å²) in [5.74, 6) is 0.706. The minimum atomic E-state index is 0.264. The lowest BCUT2D eigenvalue weighted by Crippen LogP contribution is -2.32. The maximum Gasteiger partial charge on any atom is 0.0805 e. The smallest absolute Gasteiger partial charge is 0.0805 e. The van der Waals surface area contributed by atoms with Crippen LogP contribution in [0, 0.1) is 5.41 Å². The summed E-state index contributed by atoms with van der Waals surface area (Å²) in [6.45, 7) is 7.28. The molecule has 1 fully saturated rings. The van der Waals surface area contributed by atoms with Gasteiger partial charge in [0.25, 0.3) is 0 Å². The van der Waals surface area contributed by atoms with Crippen molar-refractivity contribution in [2.75, 3.05) is 0 Å². The number of rotatable bonds is 1. The summed E-state index contributed by atoms with van der Waals surface area (Å²) in [6, 6.07) is 8.83. The molecule has 0 N–H and O–H groups in total. The average molecular weight is 269 g/mol. The minimum absolute atomic E-state index is 0.264. The Morgan fingerprint density at radius 3 is 2.79 bits per heavy atom. The molecule has 1 saturated carbocycles. The van der Waals surface area contributed by atoms with E-state index in [-0.39, 0.29) is 5.41 Å². The van der Waals surface area contributed by atoms with E-state index in [0.29, 0.717) is 11.3 Å². The summed E-state index contributed by atoms with van der Waals surface area (Å²) < 4.78 is 0. The first-order valence-electron chi connectivity index (χ1n) is 7.09. The second-order valence-corrected chi connectivity index (χ2v) is 7.70. The van der Waals surface area contributed by atoms with E-state index in [1.165, 1.54) is 29.0 Å². The molecule has 2 aromatic rings. The number of thiophene rings is 1. The number of hydrogen-bond acceptors (Lipinski definition) is 2. The van der Waals surface area contributed by atoms with Crippen LogP contribution >= 0.6 is 11.3 Å². The number of aromatic nitrogens is 1. The Balaban J connectivity index is 1.92. The normalized spacial score (nSPS) is 30.6. The number of hydrogen-bond donors (Lipinski definition) is 0. The standard InChI is InChI=1S/C17H19NS/c1-16(2)12-8-9-17(16,3)15-11(12)6-7-13(18-15)14-5-4-10-19-14/h4-7,10,12H,8-9H2,1-3H3/t12-,17+/m1/s1. The highest BCUT2D eigenvalue weighted by Gasteiger charge is 2.60. The van der Waals surface area contributed by atoms with Crippen molar-refractivity contribution in [3.8, 4) is 10.6 Å². The maximum atomic E-state index is 5.06. The van der Waals surface area contributed by atoms with Crippen molar-refractivity contribution in [1.82, 2.24) is 4.98 Å². The van der Waals surface area contributed by atoms with Crippen LogP contribution in [0.1, 0.15) is 50.8 Å². The summed E-state index contributed by atoms with van der Waals surface area (Å²) in [4.78, 5) is 6.34. The average Bonchev–Trinajstić information content (AvgIpc) is 3.02. The van der Waals surface area contributed by atoms with Crippen LogP contribution in [0.3, 0.4) is 0 Å². The molecule has 2 atom stereocenters. The van der Waals surface area contributed by atoms with Crippen molar-refractivity contribution in [3.63, 3.8) is 0 Å². The first kappa shape index (κ1) is 11.7. The minimum Gasteiger partial charge on any atom is -0.251 e. The Morgan fingerprint density at radius 2 is 2.05 bits per heavy atom. The van der Waals surface area contributed by atoms with Gasteiger partial charge in [0.2, 0.25) is 0 Å². The first-order chi connectivity index (χ1) is 9.04. The van der Waals surface area contributed by atoms with E-state index in [0.717, 1.165) is 5.69 Å².